The Kier molecular flexibility index (Phi) is 5.43. The number of hydrogen-bond donors (Lipinski definition) is 2. The average Bonchev–Trinajstić information content (AvgIpc) is 2.25. The van der Waals surface area contributed by atoms with Gasteiger partial charge in [-0.25, -0.2) is 4.98 Å². The normalized spacial score (nSPS) is 10.3. The summed E-state index contributed by atoms with van der Waals surface area (Å²) in [4.78, 5) is 4.29. The molecule has 0 spiro atoms. The van der Waals surface area contributed by atoms with Crippen LogP contribution < -0.4 is 10.6 Å². The molecule has 15 heavy (non-hydrogen) atoms. The van der Waals surface area contributed by atoms with Crippen molar-refractivity contribution in [2.45, 2.75) is 26.8 Å². The fourth-order valence-electron chi connectivity index (χ4n) is 1.22. The Balaban J connectivity index is 2.61. The van der Waals surface area contributed by atoms with Gasteiger partial charge in [0.25, 0.3) is 0 Å². The van der Waals surface area contributed by atoms with Crippen LogP contribution in [0.15, 0.2) is 12.3 Å². The van der Waals surface area contributed by atoms with Gasteiger partial charge in [0.1, 0.15) is 5.82 Å². The van der Waals surface area contributed by atoms with E-state index in [1.807, 2.05) is 12.3 Å². The number of rotatable bonds is 6. The van der Waals surface area contributed by atoms with Crippen LogP contribution in [0.25, 0.3) is 0 Å². The standard InChI is InChI=1S/C11H18ClN3/c1-3-5-14-11-10(12)6-9(8-15-11)7-13-4-2/h6,8,13H,3-5,7H2,1-2H3,(H,14,15). The minimum Gasteiger partial charge on any atom is -0.369 e. The number of pyridine rings is 1. The third-order valence-electron chi connectivity index (χ3n) is 2.02. The van der Waals surface area contributed by atoms with Gasteiger partial charge in [-0.15, -0.1) is 0 Å². The Labute approximate surface area is 96.2 Å². The SMILES string of the molecule is CCCNc1ncc(CNCC)cc1Cl. The first-order chi connectivity index (χ1) is 7.27. The largest absolute Gasteiger partial charge is 0.369 e. The Morgan fingerprint density at radius 2 is 2.20 bits per heavy atom. The Bertz CT molecular complexity index is 302. The number of nitrogens with one attached hydrogen (secondary N) is 2. The van der Waals surface area contributed by atoms with E-state index in [-0.39, 0.29) is 0 Å². The van der Waals surface area contributed by atoms with Gasteiger partial charge in [-0.1, -0.05) is 25.4 Å². The molecule has 0 unspecified atom stereocenters. The summed E-state index contributed by atoms with van der Waals surface area (Å²) in [5, 5.41) is 7.11. The number of hydrogen-bond acceptors (Lipinski definition) is 3. The van der Waals surface area contributed by atoms with Crippen molar-refractivity contribution in [3.05, 3.63) is 22.8 Å². The van der Waals surface area contributed by atoms with Crippen LogP contribution in [-0.2, 0) is 6.54 Å². The van der Waals surface area contributed by atoms with Crippen molar-refractivity contribution < 1.29 is 0 Å². The molecule has 4 heteroatoms. The number of nitrogens with zero attached hydrogens (tertiary/aromatic N) is 1. The molecule has 0 aromatic carbocycles. The van der Waals surface area contributed by atoms with Gasteiger partial charge in [-0.3, -0.25) is 0 Å². The third kappa shape index (κ3) is 4.06. The van der Waals surface area contributed by atoms with Crippen molar-refractivity contribution in [1.82, 2.24) is 10.3 Å². The quantitative estimate of drug-likeness (QED) is 0.785. The molecule has 0 radical (unpaired) electrons. The zero-order chi connectivity index (χ0) is 11.1. The molecular formula is C11H18ClN3. The molecule has 0 aliphatic heterocycles. The molecule has 1 heterocycles. The summed E-state index contributed by atoms with van der Waals surface area (Å²) in [5.41, 5.74) is 1.11. The lowest BCUT2D eigenvalue weighted by atomic mass is 10.3. The fraction of sp³-hybridized carbons (Fsp3) is 0.545. The van der Waals surface area contributed by atoms with E-state index in [0.717, 1.165) is 37.4 Å². The van der Waals surface area contributed by atoms with E-state index in [4.69, 9.17) is 11.6 Å². The van der Waals surface area contributed by atoms with Crippen LogP contribution in [0, 0.1) is 0 Å². The van der Waals surface area contributed by atoms with E-state index in [9.17, 15) is 0 Å². The highest BCUT2D eigenvalue weighted by Crippen LogP contribution is 2.19. The van der Waals surface area contributed by atoms with Crippen molar-refractivity contribution in [2.75, 3.05) is 18.4 Å². The first-order valence-corrected chi connectivity index (χ1v) is 5.74. The molecule has 0 bridgehead atoms. The molecule has 0 aliphatic rings. The summed E-state index contributed by atoms with van der Waals surface area (Å²) in [7, 11) is 0. The summed E-state index contributed by atoms with van der Waals surface area (Å²) >= 11 is 6.09. The highest BCUT2D eigenvalue weighted by molar-refractivity contribution is 6.32. The van der Waals surface area contributed by atoms with Crippen LogP contribution in [0.2, 0.25) is 5.02 Å². The Morgan fingerprint density at radius 3 is 2.80 bits per heavy atom. The zero-order valence-corrected chi connectivity index (χ0v) is 10.1. The van der Waals surface area contributed by atoms with Crippen molar-refractivity contribution in [3.63, 3.8) is 0 Å². The van der Waals surface area contributed by atoms with Crippen LogP contribution in [0.4, 0.5) is 5.82 Å². The first kappa shape index (κ1) is 12.3. The highest BCUT2D eigenvalue weighted by atomic mass is 35.5. The van der Waals surface area contributed by atoms with Gasteiger partial charge < -0.3 is 10.6 Å². The first-order valence-electron chi connectivity index (χ1n) is 5.37. The number of aromatic nitrogens is 1. The summed E-state index contributed by atoms with van der Waals surface area (Å²) in [6.07, 6.45) is 2.92. The molecule has 0 amide bonds. The van der Waals surface area contributed by atoms with Crippen molar-refractivity contribution in [3.8, 4) is 0 Å². The maximum atomic E-state index is 6.09. The topological polar surface area (TPSA) is 37.0 Å². The van der Waals surface area contributed by atoms with E-state index in [1.165, 1.54) is 0 Å². The van der Waals surface area contributed by atoms with Crippen LogP contribution in [-0.4, -0.2) is 18.1 Å². The second-order valence-corrected chi connectivity index (χ2v) is 3.79. The van der Waals surface area contributed by atoms with Crippen molar-refractivity contribution in [2.24, 2.45) is 0 Å². The minimum absolute atomic E-state index is 0.693. The summed E-state index contributed by atoms with van der Waals surface area (Å²) in [5.74, 6) is 0.777. The lowest BCUT2D eigenvalue weighted by Crippen LogP contribution is -2.12. The lowest BCUT2D eigenvalue weighted by Gasteiger charge is -2.08. The molecule has 84 valence electrons. The molecular weight excluding hydrogens is 210 g/mol. The van der Waals surface area contributed by atoms with Gasteiger partial charge in [-0.2, -0.15) is 0 Å². The maximum Gasteiger partial charge on any atom is 0.144 e. The van der Waals surface area contributed by atoms with Crippen LogP contribution in [0.5, 0.6) is 0 Å². The van der Waals surface area contributed by atoms with E-state index in [1.54, 1.807) is 0 Å². The van der Waals surface area contributed by atoms with Gasteiger partial charge in [0, 0.05) is 19.3 Å². The second-order valence-electron chi connectivity index (χ2n) is 3.38. The molecule has 0 saturated carbocycles. The molecule has 0 saturated heterocycles. The number of halogens is 1. The van der Waals surface area contributed by atoms with Crippen molar-refractivity contribution >= 4 is 17.4 Å². The van der Waals surface area contributed by atoms with Gasteiger partial charge in [0.05, 0.1) is 5.02 Å². The predicted molar refractivity (Wildman–Crippen MR) is 65.4 cm³/mol. The van der Waals surface area contributed by atoms with Gasteiger partial charge >= 0.3 is 0 Å². The zero-order valence-electron chi connectivity index (χ0n) is 9.31. The van der Waals surface area contributed by atoms with Gasteiger partial charge in [0.15, 0.2) is 0 Å². The van der Waals surface area contributed by atoms with Crippen LogP contribution >= 0.6 is 11.6 Å². The van der Waals surface area contributed by atoms with Crippen LogP contribution in [0.3, 0.4) is 0 Å². The van der Waals surface area contributed by atoms with E-state index in [0.29, 0.717) is 5.02 Å². The maximum absolute atomic E-state index is 6.09. The second kappa shape index (κ2) is 6.64. The molecule has 0 atom stereocenters. The number of anilines is 1. The molecule has 1 rings (SSSR count). The molecule has 1 aromatic rings. The molecule has 0 fully saturated rings. The highest BCUT2D eigenvalue weighted by Gasteiger charge is 2.02. The summed E-state index contributed by atoms with van der Waals surface area (Å²) in [6, 6.07) is 1.95. The summed E-state index contributed by atoms with van der Waals surface area (Å²) < 4.78 is 0. The smallest absolute Gasteiger partial charge is 0.144 e. The Hall–Kier alpha value is -0.800. The molecule has 2 N–H and O–H groups in total. The average molecular weight is 228 g/mol. The van der Waals surface area contributed by atoms with Crippen molar-refractivity contribution in [1.29, 1.82) is 0 Å². The summed E-state index contributed by atoms with van der Waals surface area (Å²) in [6.45, 7) is 6.86. The minimum atomic E-state index is 0.693. The van der Waals surface area contributed by atoms with Crippen LogP contribution in [0.1, 0.15) is 25.8 Å². The fourth-order valence-corrected chi connectivity index (χ4v) is 1.47. The molecule has 3 nitrogen and oxygen atoms in total. The van der Waals surface area contributed by atoms with E-state index < -0.39 is 0 Å². The monoisotopic (exact) mass is 227 g/mol. The lowest BCUT2D eigenvalue weighted by molar-refractivity contribution is 0.724. The molecule has 0 aliphatic carbocycles. The Morgan fingerprint density at radius 1 is 1.40 bits per heavy atom. The van der Waals surface area contributed by atoms with Gasteiger partial charge in [-0.05, 0) is 24.6 Å². The van der Waals surface area contributed by atoms with Gasteiger partial charge in [0.2, 0.25) is 0 Å². The van der Waals surface area contributed by atoms with E-state index in [2.05, 4.69) is 29.5 Å². The van der Waals surface area contributed by atoms with E-state index >= 15 is 0 Å². The molecule has 1 aromatic heterocycles. The third-order valence-corrected chi connectivity index (χ3v) is 2.31. The predicted octanol–water partition coefficient (Wildman–Crippen LogP) is 2.67.